The average molecular weight is 261 g/mol. The molecule has 2 N–H and O–H groups in total. The van der Waals surface area contributed by atoms with Gasteiger partial charge in [-0.25, -0.2) is 0 Å². The summed E-state index contributed by atoms with van der Waals surface area (Å²) in [4.78, 5) is 11.4. The third-order valence-corrected chi connectivity index (χ3v) is 3.25. The number of hydrogen-bond acceptors (Lipinski definition) is 3. The molecule has 78 valence electrons. The Morgan fingerprint density at radius 3 is 2.93 bits per heavy atom. The summed E-state index contributed by atoms with van der Waals surface area (Å²) in [7, 11) is 0. The molecule has 0 aliphatic heterocycles. The molecule has 1 aromatic heterocycles. The molecule has 0 unspecified atom stereocenters. The minimum absolute atomic E-state index is 0.0411. The molecular weight excluding hydrogens is 248 g/mol. The zero-order valence-corrected chi connectivity index (χ0v) is 9.76. The molecule has 0 radical (unpaired) electrons. The maximum atomic E-state index is 11.4. The molecule has 1 rings (SSSR count). The summed E-state index contributed by atoms with van der Waals surface area (Å²) in [6, 6.07) is 0. The van der Waals surface area contributed by atoms with E-state index in [4.69, 9.17) is 0 Å². The highest BCUT2D eigenvalue weighted by Gasteiger charge is 2.18. The second-order valence-corrected chi connectivity index (χ2v) is 4.40. The van der Waals surface area contributed by atoms with Crippen molar-refractivity contribution in [2.75, 3.05) is 11.9 Å². The Bertz CT molecular complexity index is 296. The number of hydrogen-bond donors (Lipinski definition) is 2. The van der Waals surface area contributed by atoms with Gasteiger partial charge in [0.05, 0.1) is 6.20 Å². The summed E-state index contributed by atoms with van der Waals surface area (Å²) in [6.45, 7) is 4.72. The maximum absolute atomic E-state index is 11.4. The van der Waals surface area contributed by atoms with Crippen LogP contribution < -0.4 is 5.32 Å². The van der Waals surface area contributed by atoms with Gasteiger partial charge in [0.1, 0.15) is 0 Å². The van der Waals surface area contributed by atoms with E-state index in [2.05, 4.69) is 50.5 Å². The van der Waals surface area contributed by atoms with Gasteiger partial charge in [0.2, 0.25) is 0 Å². The van der Waals surface area contributed by atoms with Crippen LogP contribution >= 0.6 is 15.9 Å². The van der Waals surface area contributed by atoms with Crippen molar-refractivity contribution in [3.8, 4) is 0 Å². The highest BCUT2D eigenvalue weighted by atomic mass is 79.9. The van der Waals surface area contributed by atoms with Crippen LogP contribution in [0.15, 0.2) is 6.20 Å². The van der Waals surface area contributed by atoms with Gasteiger partial charge < -0.3 is 5.32 Å². The lowest BCUT2D eigenvalue weighted by molar-refractivity contribution is 0.0935. The number of nitrogens with one attached hydrogen (secondary N) is 2. The Morgan fingerprint density at radius 2 is 2.43 bits per heavy atom. The van der Waals surface area contributed by atoms with Crippen molar-refractivity contribution < 1.29 is 4.79 Å². The minimum Gasteiger partial charge on any atom is -0.350 e. The molecule has 0 atom stereocenters. The van der Waals surface area contributed by atoms with Gasteiger partial charge in [0, 0.05) is 11.9 Å². The van der Waals surface area contributed by atoms with Gasteiger partial charge in [0.15, 0.2) is 5.69 Å². The predicted octanol–water partition coefficient (Wildman–Crippen LogP) is 0.956. The Kier molecular flexibility index (Phi) is 3.62. The molecule has 5 nitrogen and oxygen atoms in total. The molecule has 1 amide bonds. The highest BCUT2D eigenvalue weighted by molar-refractivity contribution is 9.09. The van der Waals surface area contributed by atoms with Gasteiger partial charge in [-0.3, -0.25) is 4.79 Å². The van der Waals surface area contributed by atoms with Crippen LogP contribution in [-0.2, 0) is 0 Å². The zero-order chi connectivity index (χ0) is 10.6. The van der Waals surface area contributed by atoms with Crippen LogP contribution in [0.5, 0.6) is 0 Å². The molecule has 0 saturated carbocycles. The summed E-state index contributed by atoms with van der Waals surface area (Å²) in [5.41, 5.74) is 0.356. The lowest BCUT2D eigenvalue weighted by Gasteiger charge is -2.21. The Hall–Kier alpha value is -0.910. The predicted molar refractivity (Wildman–Crippen MR) is 56.3 cm³/mol. The van der Waals surface area contributed by atoms with E-state index in [1.807, 2.05) is 0 Å². The molecule has 0 aliphatic carbocycles. The fourth-order valence-electron chi connectivity index (χ4n) is 0.768. The van der Waals surface area contributed by atoms with E-state index in [-0.39, 0.29) is 11.3 Å². The molecule has 1 aromatic rings. The van der Waals surface area contributed by atoms with E-state index in [1.54, 1.807) is 0 Å². The van der Waals surface area contributed by atoms with Crippen molar-refractivity contribution in [1.82, 2.24) is 20.7 Å². The standard InChI is InChI=1S/C8H13BrN4O/c1-8(2,4-9)5-10-7(14)6-3-11-13-12-6/h3H,4-5H2,1-2H3,(H,10,14)(H,11,12,13). The van der Waals surface area contributed by atoms with Crippen molar-refractivity contribution in [3.05, 3.63) is 11.9 Å². The summed E-state index contributed by atoms with van der Waals surface area (Å²) in [5.74, 6) is -0.201. The van der Waals surface area contributed by atoms with E-state index >= 15 is 0 Å². The molecule has 0 saturated heterocycles. The van der Waals surface area contributed by atoms with Crippen LogP contribution in [0.4, 0.5) is 0 Å². The van der Waals surface area contributed by atoms with Crippen molar-refractivity contribution >= 4 is 21.8 Å². The first-order chi connectivity index (χ1) is 6.55. The first kappa shape index (κ1) is 11.2. The van der Waals surface area contributed by atoms with Crippen LogP contribution in [-0.4, -0.2) is 33.2 Å². The number of nitrogens with zero attached hydrogens (tertiary/aromatic N) is 2. The monoisotopic (exact) mass is 260 g/mol. The Morgan fingerprint density at radius 1 is 1.71 bits per heavy atom. The number of alkyl halides is 1. The van der Waals surface area contributed by atoms with E-state index in [0.29, 0.717) is 12.2 Å². The molecule has 0 aromatic carbocycles. The van der Waals surface area contributed by atoms with Gasteiger partial charge in [0.25, 0.3) is 5.91 Å². The summed E-state index contributed by atoms with van der Waals surface area (Å²) < 4.78 is 0. The number of rotatable bonds is 4. The number of aromatic amines is 1. The first-order valence-electron chi connectivity index (χ1n) is 4.25. The summed E-state index contributed by atoms with van der Waals surface area (Å²) >= 11 is 3.38. The lowest BCUT2D eigenvalue weighted by atomic mass is 9.97. The third kappa shape index (κ3) is 3.10. The number of halogens is 1. The molecule has 0 fully saturated rings. The Labute approximate surface area is 90.8 Å². The number of H-pyrrole nitrogens is 1. The van der Waals surface area contributed by atoms with Crippen LogP contribution in [0.1, 0.15) is 24.3 Å². The number of carbonyl (C=O) groups excluding carboxylic acids is 1. The van der Waals surface area contributed by atoms with Crippen LogP contribution in [0, 0.1) is 5.41 Å². The number of aromatic nitrogens is 3. The van der Waals surface area contributed by atoms with E-state index in [9.17, 15) is 4.79 Å². The molecule has 0 aliphatic rings. The van der Waals surface area contributed by atoms with Crippen molar-refractivity contribution in [3.63, 3.8) is 0 Å². The molecule has 0 spiro atoms. The largest absolute Gasteiger partial charge is 0.350 e. The Balaban J connectivity index is 2.43. The highest BCUT2D eigenvalue weighted by Crippen LogP contribution is 2.16. The third-order valence-electron chi connectivity index (χ3n) is 1.74. The lowest BCUT2D eigenvalue weighted by Crippen LogP contribution is -2.35. The molecule has 1 heterocycles. The van der Waals surface area contributed by atoms with Gasteiger partial charge in [-0.15, -0.1) is 0 Å². The van der Waals surface area contributed by atoms with Gasteiger partial charge in [-0.1, -0.05) is 29.8 Å². The van der Waals surface area contributed by atoms with Gasteiger partial charge in [-0.2, -0.15) is 15.4 Å². The molecule has 14 heavy (non-hydrogen) atoms. The normalized spacial score (nSPS) is 11.4. The maximum Gasteiger partial charge on any atom is 0.273 e. The SMILES string of the molecule is CC(C)(CBr)CNC(=O)c1cn[nH]n1. The molecule has 6 heteroatoms. The quantitative estimate of drug-likeness (QED) is 0.793. The number of amides is 1. The van der Waals surface area contributed by atoms with Crippen LogP contribution in [0.2, 0.25) is 0 Å². The summed E-state index contributed by atoms with van der Waals surface area (Å²) in [6.07, 6.45) is 1.40. The van der Waals surface area contributed by atoms with E-state index in [1.165, 1.54) is 6.20 Å². The molecule has 0 bridgehead atoms. The fraction of sp³-hybridized carbons (Fsp3) is 0.625. The van der Waals surface area contributed by atoms with E-state index in [0.717, 1.165) is 5.33 Å². The van der Waals surface area contributed by atoms with Crippen LogP contribution in [0.3, 0.4) is 0 Å². The second-order valence-electron chi connectivity index (χ2n) is 3.84. The van der Waals surface area contributed by atoms with Crippen molar-refractivity contribution in [2.24, 2.45) is 5.41 Å². The topological polar surface area (TPSA) is 70.7 Å². The molecular formula is C8H13BrN4O. The minimum atomic E-state index is -0.201. The van der Waals surface area contributed by atoms with Crippen molar-refractivity contribution in [1.29, 1.82) is 0 Å². The zero-order valence-electron chi connectivity index (χ0n) is 8.17. The van der Waals surface area contributed by atoms with Crippen LogP contribution in [0.25, 0.3) is 0 Å². The second kappa shape index (κ2) is 4.54. The van der Waals surface area contributed by atoms with Gasteiger partial charge in [-0.05, 0) is 5.41 Å². The van der Waals surface area contributed by atoms with Crippen molar-refractivity contribution in [2.45, 2.75) is 13.8 Å². The van der Waals surface area contributed by atoms with Gasteiger partial charge >= 0.3 is 0 Å². The smallest absolute Gasteiger partial charge is 0.273 e. The fourth-order valence-corrected chi connectivity index (χ4v) is 0.967. The number of carbonyl (C=O) groups is 1. The first-order valence-corrected chi connectivity index (χ1v) is 5.37. The summed E-state index contributed by atoms with van der Waals surface area (Å²) in [5, 5.41) is 13.3. The average Bonchev–Trinajstić information content (AvgIpc) is 2.67. The van der Waals surface area contributed by atoms with E-state index < -0.39 is 0 Å².